The molecule has 1 aromatic rings. The van der Waals surface area contributed by atoms with Crippen LogP contribution in [0.4, 0.5) is 5.69 Å². The third-order valence-corrected chi connectivity index (χ3v) is 3.53. The van der Waals surface area contributed by atoms with Crippen LogP contribution in [0, 0.1) is 6.92 Å². The average Bonchev–Trinajstić information content (AvgIpc) is 2.43. The monoisotopic (exact) mass is 262 g/mol. The zero-order valence-corrected chi connectivity index (χ0v) is 11.7. The lowest BCUT2D eigenvalue weighted by atomic mass is 10.1. The molecule has 0 radical (unpaired) electrons. The number of benzene rings is 1. The van der Waals surface area contributed by atoms with Gasteiger partial charge in [-0.3, -0.25) is 4.79 Å². The van der Waals surface area contributed by atoms with Crippen LogP contribution in [0.25, 0.3) is 0 Å². The van der Waals surface area contributed by atoms with Gasteiger partial charge in [0.1, 0.15) is 5.75 Å². The Morgan fingerprint density at radius 3 is 2.68 bits per heavy atom. The van der Waals surface area contributed by atoms with Crippen molar-refractivity contribution < 1.29 is 9.53 Å². The maximum atomic E-state index is 12.3. The topological polar surface area (TPSA) is 55.6 Å². The van der Waals surface area contributed by atoms with Gasteiger partial charge in [-0.25, -0.2) is 0 Å². The van der Waals surface area contributed by atoms with Gasteiger partial charge in [0.25, 0.3) is 5.91 Å². The number of carbonyl (C=O) groups is 1. The Balaban J connectivity index is 2.01. The minimum atomic E-state index is -0.460. The first-order valence-corrected chi connectivity index (χ1v) is 6.89. The summed E-state index contributed by atoms with van der Waals surface area (Å²) in [6, 6.07) is 5.51. The predicted molar refractivity (Wildman–Crippen MR) is 76.1 cm³/mol. The van der Waals surface area contributed by atoms with Crippen molar-refractivity contribution in [1.82, 2.24) is 4.90 Å². The number of hydrogen-bond donors (Lipinski definition) is 1. The molecule has 19 heavy (non-hydrogen) atoms. The molecule has 1 amide bonds. The third-order valence-electron chi connectivity index (χ3n) is 3.53. The van der Waals surface area contributed by atoms with Gasteiger partial charge in [0.05, 0.1) is 0 Å². The van der Waals surface area contributed by atoms with Gasteiger partial charge in [-0.15, -0.1) is 0 Å². The molecular weight excluding hydrogens is 240 g/mol. The Morgan fingerprint density at radius 2 is 2.00 bits per heavy atom. The van der Waals surface area contributed by atoms with E-state index in [9.17, 15) is 4.79 Å². The van der Waals surface area contributed by atoms with Crippen LogP contribution >= 0.6 is 0 Å². The normalized spacial score (nSPS) is 17.1. The first-order valence-electron chi connectivity index (χ1n) is 6.89. The lowest BCUT2D eigenvalue weighted by Gasteiger charge is -2.29. The van der Waals surface area contributed by atoms with Crippen molar-refractivity contribution in [2.75, 3.05) is 18.8 Å². The summed E-state index contributed by atoms with van der Waals surface area (Å²) < 4.78 is 5.77. The third kappa shape index (κ3) is 3.40. The highest BCUT2D eigenvalue weighted by Gasteiger charge is 2.23. The van der Waals surface area contributed by atoms with E-state index in [1.807, 2.05) is 24.0 Å². The molecule has 1 saturated heterocycles. The van der Waals surface area contributed by atoms with Crippen molar-refractivity contribution >= 4 is 11.6 Å². The molecule has 0 saturated carbocycles. The van der Waals surface area contributed by atoms with Crippen molar-refractivity contribution in [3.8, 4) is 5.75 Å². The number of amides is 1. The number of likely N-dealkylation sites (tertiary alicyclic amines) is 1. The predicted octanol–water partition coefficient (Wildman–Crippen LogP) is 2.36. The molecule has 104 valence electrons. The second-order valence-corrected chi connectivity index (χ2v) is 5.17. The molecule has 2 N–H and O–H groups in total. The van der Waals surface area contributed by atoms with E-state index >= 15 is 0 Å². The van der Waals surface area contributed by atoms with Crippen molar-refractivity contribution in [2.24, 2.45) is 0 Å². The first-order chi connectivity index (χ1) is 9.08. The van der Waals surface area contributed by atoms with Crippen molar-refractivity contribution in [3.63, 3.8) is 0 Å². The second-order valence-electron chi connectivity index (χ2n) is 5.17. The summed E-state index contributed by atoms with van der Waals surface area (Å²) in [6.07, 6.45) is 2.94. The van der Waals surface area contributed by atoms with Gasteiger partial charge >= 0.3 is 0 Å². The molecule has 2 rings (SSSR count). The van der Waals surface area contributed by atoms with E-state index in [-0.39, 0.29) is 5.91 Å². The molecule has 1 atom stereocenters. The number of nitrogens with two attached hydrogens (primary N) is 1. The van der Waals surface area contributed by atoms with Gasteiger partial charge < -0.3 is 15.4 Å². The number of carbonyl (C=O) groups excluding carboxylic acids is 1. The summed E-state index contributed by atoms with van der Waals surface area (Å²) in [7, 11) is 0. The molecule has 4 heteroatoms. The Bertz CT molecular complexity index is 453. The van der Waals surface area contributed by atoms with E-state index in [4.69, 9.17) is 10.5 Å². The van der Waals surface area contributed by atoms with Gasteiger partial charge in [0.2, 0.25) is 0 Å². The molecule has 1 heterocycles. The molecule has 1 aliphatic heterocycles. The average molecular weight is 262 g/mol. The van der Waals surface area contributed by atoms with Gasteiger partial charge in [0, 0.05) is 24.8 Å². The zero-order valence-electron chi connectivity index (χ0n) is 11.7. The smallest absolute Gasteiger partial charge is 0.263 e. The number of hydrogen-bond acceptors (Lipinski definition) is 3. The van der Waals surface area contributed by atoms with Crippen LogP contribution in [0.3, 0.4) is 0 Å². The van der Waals surface area contributed by atoms with Crippen molar-refractivity contribution in [1.29, 1.82) is 0 Å². The SMILES string of the molecule is Cc1ccc(N)cc1OC(C)C(=O)N1CCCCC1. The van der Waals surface area contributed by atoms with E-state index in [1.165, 1.54) is 6.42 Å². The number of nitrogens with zero attached hydrogens (tertiary/aromatic N) is 1. The lowest BCUT2D eigenvalue weighted by molar-refractivity contribution is -0.138. The standard InChI is InChI=1S/C15H22N2O2/c1-11-6-7-13(16)10-14(11)19-12(2)15(18)17-8-4-3-5-9-17/h6-7,10,12H,3-5,8-9,16H2,1-2H3. The summed E-state index contributed by atoms with van der Waals surface area (Å²) in [6.45, 7) is 5.46. The van der Waals surface area contributed by atoms with E-state index in [0.29, 0.717) is 11.4 Å². The summed E-state index contributed by atoms with van der Waals surface area (Å²) >= 11 is 0. The fourth-order valence-electron chi connectivity index (χ4n) is 2.36. The van der Waals surface area contributed by atoms with Gasteiger partial charge in [0.15, 0.2) is 6.10 Å². The highest BCUT2D eigenvalue weighted by atomic mass is 16.5. The highest BCUT2D eigenvalue weighted by molar-refractivity contribution is 5.81. The minimum Gasteiger partial charge on any atom is -0.481 e. The van der Waals surface area contributed by atoms with Crippen LogP contribution in [-0.2, 0) is 4.79 Å². The number of nitrogen functional groups attached to an aromatic ring is 1. The molecule has 1 fully saturated rings. The Kier molecular flexibility index (Phi) is 4.30. The number of piperidine rings is 1. The van der Waals surface area contributed by atoms with Crippen LogP contribution in [0.5, 0.6) is 5.75 Å². The quantitative estimate of drug-likeness (QED) is 0.851. The van der Waals surface area contributed by atoms with Crippen molar-refractivity contribution in [3.05, 3.63) is 23.8 Å². The number of rotatable bonds is 3. The van der Waals surface area contributed by atoms with Gasteiger partial charge in [-0.05, 0) is 44.7 Å². The van der Waals surface area contributed by atoms with E-state index in [1.54, 1.807) is 13.0 Å². The van der Waals surface area contributed by atoms with Crippen LogP contribution in [0.15, 0.2) is 18.2 Å². The molecule has 0 aromatic heterocycles. The molecule has 0 bridgehead atoms. The minimum absolute atomic E-state index is 0.0709. The fourth-order valence-corrected chi connectivity index (χ4v) is 2.36. The van der Waals surface area contributed by atoms with E-state index in [0.717, 1.165) is 31.5 Å². The first kappa shape index (κ1) is 13.7. The maximum Gasteiger partial charge on any atom is 0.263 e. The Hall–Kier alpha value is -1.71. The summed E-state index contributed by atoms with van der Waals surface area (Å²) in [4.78, 5) is 14.2. The van der Waals surface area contributed by atoms with Gasteiger partial charge in [-0.2, -0.15) is 0 Å². The lowest BCUT2D eigenvalue weighted by Crippen LogP contribution is -2.43. The number of anilines is 1. The molecule has 4 nitrogen and oxygen atoms in total. The Morgan fingerprint density at radius 1 is 1.32 bits per heavy atom. The van der Waals surface area contributed by atoms with E-state index < -0.39 is 6.10 Å². The molecule has 1 unspecified atom stereocenters. The number of ether oxygens (including phenoxy) is 1. The molecule has 0 aliphatic carbocycles. The molecule has 1 aromatic carbocycles. The second kappa shape index (κ2) is 5.95. The van der Waals surface area contributed by atoms with Crippen LogP contribution < -0.4 is 10.5 Å². The molecule has 0 spiro atoms. The maximum absolute atomic E-state index is 12.3. The largest absolute Gasteiger partial charge is 0.481 e. The van der Waals surface area contributed by atoms with Gasteiger partial charge in [-0.1, -0.05) is 6.07 Å². The van der Waals surface area contributed by atoms with E-state index in [2.05, 4.69) is 0 Å². The summed E-state index contributed by atoms with van der Waals surface area (Å²) in [5.41, 5.74) is 7.39. The highest BCUT2D eigenvalue weighted by Crippen LogP contribution is 2.22. The van der Waals surface area contributed by atoms with Crippen LogP contribution in [0.2, 0.25) is 0 Å². The Labute approximate surface area is 114 Å². The molecule has 1 aliphatic rings. The van der Waals surface area contributed by atoms with Crippen molar-refractivity contribution in [2.45, 2.75) is 39.2 Å². The number of aryl methyl sites for hydroxylation is 1. The van der Waals surface area contributed by atoms with Crippen LogP contribution in [-0.4, -0.2) is 30.0 Å². The summed E-state index contributed by atoms with van der Waals surface area (Å²) in [5.74, 6) is 0.763. The zero-order chi connectivity index (χ0) is 13.8. The summed E-state index contributed by atoms with van der Waals surface area (Å²) in [5, 5.41) is 0. The van der Waals surface area contributed by atoms with Crippen LogP contribution in [0.1, 0.15) is 31.7 Å². The molecular formula is C15H22N2O2. The fraction of sp³-hybridized carbons (Fsp3) is 0.533.